The number of aromatic nitrogens is 2. The van der Waals surface area contributed by atoms with Crippen molar-refractivity contribution in [1.82, 2.24) is 9.78 Å². The van der Waals surface area contributed by atoms with Crippen LogP contribution in [0.25, 0.3) is 0 Å². The van der Waals surface area contributed by atoms with Gasteiger partial charge in [0, 0.05) is 6.20 Å². The highest BCUT2D eigenvalue weighted by Gasteiger charge is 2.25. The number of hydrogen-bond donors (Lipinski definition) is 0. The quantitative estimate of drug-likeness (QED) is 0.697. The standard InChI is InChI=1S/C12H18N2O/c1-9-3-10(2)5-12(4-9)14-7-11(8-15)6-13-14/h6-10,12H,3-5H2,1-2H3. The van der Waals surface area contributed by atoms with Gasteiger partial charge in [0.25, 0.3) is 0 Å². The molecule has 0 spiro atoms. The molecule has 1 aliphatic carbocycles. The summed E-state index contributed by atoms with van der Waals surface area (Å²) in [6, 6.07) is 0.484. The minimum absolute atomic E-state index is 0.484. The first-order valence-electron chi connectivity index (χ1n) is 5.68. The largest absolute Gasteiger partial charge is 0.298 e. The van der Waals surface area contributed by atoms with Crippen LogP contribution in [0.2, 0.25) is 0 Å². The third kappa shape index (κ3) is 2.28. The average Bonchev–Trinajstić information content (AvgIpc) is 2.64. The zero-order chi connectivity index (χ0) is 10.8. The molecule has 2 atom stereocenters. The van der Waals surface area contributed by atoms with E-state index in [0.29, 0.717) is 11.6 Å². The molecular formula is C12H18N2O. The fourth-order valence-electron chi connectivity index (χ4n) is 2.73. The van der Waals surface area contributed by atoms with Gasteiger partial charge in [0.15, 0.2) is 6.29 Å². The van der Waals surface area contributed by atoms with Crippen LogP contribution < -0.4 is 0 Å². The van der Waals surface area contributed by atoms with Crippen molar-refractivity contribution in [2.24, 2.45) is 11.8 Å². The first kappa shape index (κ1) is 10.4. The van der Waals surface area contributed by atoms with Gasteiger partial charge in [-0.2, -0.15) is 5.10 Å². The summed E-state index contributed by atoms with van der Waals surface area (Å²) in [6.07, 6.45) is 8.06. The molecule has 15 heavy (non-hydrogen) atoms. The first-order chi connectivity index (χ1) is 7.19. The fraction of sp³-hybridized carbons (Fsp3) is 0.667. The van der Waals surface area contributed by atoms with Gasteiger partial charge in [0.2, 0.25) is 0 Å². The third-order valence-electron chi connectivity index (χ3n) is 3.29. The molecule has 1 aliphatic rings. The monoisotopic (exact) mass is 206 g/mol. The molecule has 0 aliphatic heterocycles. The van der Waals surface area contributed by atoms with Crippen LogP contribution in [-0.2, 0) is 0 Å². The zero-order valence-electron chi connectivity index (χ0n) is 9.39. The number of aldehydes is 1. The molecule has 1 aromatic rings. The molecule has 1 fully saturated rings. The van der Waals surface area contributed by atoms with Crippen LogP contribution in [0.15, 0.2) is 12.4 Å². The maximum Gasteiger partial charge on any atom is 0.153 e. The van der Waals surface area contributed by atoms with Crippen LogP contribution in [0, 0.1) is 11.8 Å². The summed E-state index contributed by atoms with van der Waals surface area (Å²) in [7, 11) is 0. The van der Waals surface area contributed by atoms with Crippen LogP contribution in [0.5, 0.6) is 0 Å². The van der Waals surface area contributed by atoms with E-state index in [1.165, 1.54) is 19.3 Å². The molecule has 3 heteroatoms. The van der Waals surface area contributed by atoms with E-state index >= 15 is 0 Å². The molecule has 0 aromatic carbocycles. The van der Waals surface area contributed by atoms with Gasteiger partial charge in [-0.05, 0) is 31.1 Å². The lowest BCUT2D eigenvalue weighted by atomic mass is 9.80. The average molecular weight is 206 g/mol. The molecule has 0 radical (unpaired) electrons. The molecule has 1 aromatic heterocycles. The van der Waals surface area contributed by atoms with Crippen molar-refractivity contribution in [2.75, 3.05) is 0 Å². The Morgan fingerprint density at radius 3 is 2.53 bits per heavy atom. The van der Waals surface area contributed by atoms with E-state index < -0.39 is 0 Å². The van der Waals surface area contributed by atoms with E-state index in [-0.39, 0.29) is 0 Å². The maximum absolute atomic E-state index is 10.6. The van der Waals surface area contributed by atoms with E-state index in [1.807, 2.05) is 10.9 Å². The fourth-order valence-corrected chi connectivity index (χ4v) is 2.73. The van der Waals surface area contributed by atoms with Gasteiger partial charge in [0.1, 0.15) is 0 Å². The van der Waals surface area contributed by atoms with Crippen molar-refractivity contribution in [3.05, 3.63) is 18.0 Å². The van der Waals surface area contributed by atoms with E-state index in [9.17, 15) is 4.79 Å². The van der Waals surface area contributed by atoms with Crippen LogP contribution in [-0.4, -0.2) is 16.1 Å². The van der Waals surface area contributed by atoms with Crippen molar-refractivity contribution in [3.8, 4) is 0 Å². The van der Waals surface area contributed by atoms with Gasteiger partial charge >= 0.3 is 0 Å². The molecule has 82 valence electrons. The highest BCUT2D eigenvalue weighted by atomic mass is 16.1. The van der Waals surface area contributed by atoms with Gasteiger partial charge in [-0.3, -0.25) is 9.48 Å². The minimum Gasteiger partial charge on any atom is -0.298 e. The van der Waals surface area contributed by atoms with Crippen molar-refractivity contribution >= 4 is 6.29 Å². The number of carbonyl (C=O) groups is 1. The molecule has 1 saturated carbocycles. The van der Waals surface area contributed by atoms with Crippen molar-refractivity contribution in [2.45, 2.75) is 39.2 Å². The van der Waals surface area contributed by atoms with Gasteiger partial charge in [0.05, 0.1) is 17.8 Å². The summed E-state index contributed by atoms with van der Waals surface area (Å²) < 4.78 is 1.97. The molecule has 0 N–H and O–H groups in total. The molecular weight excluding hydrogens is 188 g/mol. The van der Waals surface area contributed by atoms with Crippen molar-refractivity contribution in [1.29, 1.82) is 0 Å². The lowest BCUT2D eigenvalue weighted by molar-refractivity contribution is 0.112. The normalized spacial score (nSPS) is 31.5. The van der Waals surface area contributed by atoms with Crippen molar-refractivity contribution in [3.63, 3.8) is 0 Å². The number of nitrogens with zero attached hydrogens (tertiary/aromatic N) is 2. The Balaban J connectivity index is 2.12. The van der Waals surface area contributed by atoms with Crippen LogP contribution in [0.4, 0.5) is 0 Å². The Morgan fingerprint density at radius 2 is 2.00 bits per heavy atom. The first-order valence-corrected chi connectivity index (χ1v) is 5.68. The highest BCUT2D eigenvalue weighted by Crippen LogP contribution is 2.35. The van der Waals surface area contributed by atoms with Gasteiger partial charge in [-0.25, -0.2) is 0 Å². The third-order valence-corrected chi connectivity index (χ3v) is 3.29. The second-order valence-electron chi connectivity index (χ2n) is 4.94. The summed E-state index contributed by atoms with van der Waals surface area (Å²) in [5.74, 6) is 1.53. The predicted molar refractivity (Wildman–Crippen MR) is 58.8 cm³/mol. The topological polar surface area (TPSA) is 34.9 Å². The number of rotatable bonds is 2. The second-order valence-corrected chi connectivity index (χ2v) is 4.94. The Bertz CT molecular complexity index is 335. The Morgan fingerprint density at radius 1 is 1.33 bits per heavy atom. The molecule has 0 saturated heterocycles. The van der Waals surface area contributed by atoms with Crippen LogP contribution >= 0.6 is 0 Å². The lowest BCUT2D eigenvalue weighted by Crippen LogP contribution is -2.22. The summed E-state index contributed by atoms with van der Waals surface area (Å²) in [5, 5.41) is 4.27. The minimum atomic E-state index is 0.484. The van der Waals surface area contributed by atoms with E-state index in [4.69, 9.17) is 0 Å². The number of carbonyl (C=O) groups excluding carboxylic acids is 1. The lowest BCUT2D eigenvalue weighted by Gasteiger charge is -2.31. The second kappa shape index (κ2) is 4.17. The summed E-state index contributed by atoms with van der Waals surface area (Å²) in [5.41, 5.74) is 0.681. The van der Waals surface area contributed by atoms with E-state index in [2.05, 4.69) is 18.9 Å². The van der Waals surface area contributed by atoms with Crippen LogP contribution in [0.3, 0.4) is 0 Å². The van der Waals surface area contributed by atoms with E-state index in [0.717, 1.165) is 18.1 Å². The van der Waals surface area contributed by atoms with Crippen LogP contribution in [0.1, 0.15) is 49.5 Å². The Kier molecular flexibility index (Phi) is 2.89. The SMILES string of the molecule is CC1CC(C)CC(n2cc(C=O)cn2)C1. The molecule has 3 nitrogen and oxygen atoms in total. The number of hydrogen-bond acceptors (Lipinski definition) is 2. The molecule has 1 heterocycles. The summed E-state index contributed by atoms with van der Waals surface area (Å²) >= 11 is 0. The van der Waals surface area contributed by atoms with Crippen molar-refractivity contribution < 1.29 is 4.79 Å². The highest BCUT2D eigenvalue weighted by molar-refractivity contribution is 5.73. The molecule has 2 rings (SSSR count). The summed E-state index contributed by atoms with van der Waals surface area (Å²) in [4.78, 5) is 10.6. The molecule has 0 bridgehead atoms. The van der Waals surface area contributed by atoms with Gasteiger partial charge in [-0.1, -0.05) is 13.8 Å². The van der Waals surface area contributed by atoms with E-state index in [1.54, 1.807) is 6.20 Å². The predicted octanol–water partition coefficient (Wildman–Crippen LogP) is 2.69. The zero-order valence-corrected chi connectivity index (χ0v) is 9.39. The molecule has 2 unspecified atom stereocenters. The molecule has 0 amide bonds. The summed E-state index contributed by atoms with van der Waals surface area (Å²) in [6.45, 7) is 4.60. The maximum atomic E-state index is 10.6. The Labute approximate surface area is 90.5 Å². The van der Waals surface area contributed by atoms with Gasteiger partial charge in [-0.15, -0.1) is 0 Å². The Hall–Kier alpha value is -1.12. The smallest absolute Gasteiger partial charge is 0.153 e. The van der Waals surface area contributed by atoms with Gasteiger partial charge < -0.3 is 0 Å².